The van der Waals surface area contributed by atoms with E-state index in [9.17, 15) is 8.42 Å². The molecule has 0 radical (unpaired) electrons. The number of ether oxygens (including phenoxy) is 1. The van der Waals surface area contributed by atoms with E-state index >= 15 is 0 Å². The maximum Gasteiger partial charge on any atom is 0.261 e. The first kappa shape index (κ1) is 12.5. The van der Waals surface area contributed by atoms with E-state index in [1.165, 1.54) is 12.1 Å². The zero-order chi connectivity index (χ0) is 11.7. The van der Waals surface area contributed by atoms with Gasteiger partial charge in [-0.15, -0.1) is 0 Å². The summed E-state index contributed by atoms with van der Waals surface area (Å²) in [6, 6.07) is 6.33. The molecular formula is C10H13ClO3S. The van der Waals surface area contributed by atoms with Gasteiger partial charge in [0.25, 0.3) is 9.05 Å². The fourth-order valence-electron chi connectivity index (χ4n) is 1.14. The second-order valence-corrected chi connectivity index (χ2v) is 6.24. The van der Waals surface area contributed by atoms with Crippen molar-refractivity contribution in [2.75, 3.05) is 7.11 Å². The highest BCUT2D eigenvalue weighted by Gasteiger charge is 2.20. The Morgan fingerprint density at radius 1 is 1.20 bits per heavy atom. The van der Waals surface area contributed by atoms with Crippen molar-refractivity contribution >= 4 is 19.7 Å². The summed E-state index contributed by atoms with van der Waals surface area (Å²) in [7, 11) is 3.16. The summed E-state index contributed by atoms with van der Waals surface area (Å²) in [6.07, 6.45) is 0. The van der Waals surface area contributed by atoms with Crippen molar-refractivity contribution in [1.82, 2.24) is 0 Å². The van der Waals surface area contributed by atoms with Crippen molar-refractivity contribution < 1.29 is 13.2 Å². The number of benzene rings is 1. The van der Waals surface area contributed by atoms with Crippen molar-refractivity contribution in [3.05, 3.63) is 29.8 Å². The molecule has 0 N–H and O–H groups in total. The van der Waals surface area contributed by atoms with Gasteiger partial charge in [0.05, 0.1) is 10.5 Å². The molecule has 0 unspecified atom stereocenters. The van der Waals surface area contributed by atoms with Crippen molar-refractivity contribution in [2.24, 2.45) is 0 Å². The molecule has 0 fully saturated rings. The fraction of sp³-hybridized carbons (Fsp3) is 0.400. The van der Waals surface area contributed by atoms with Crippen LogP contribution in [0.3, 0.4) is 0 Å². The van der Waals surface area contributed by atoms with Crippen LogP contribution in [0.25, 0.3) is 0 Å². The van der Waals surface area contributed by atoms with E-state index in [4.69, 9.17) is 15.4 Å². The van der Waals surface area contributed by atoms with Crippen LogP contribution < -0.4 is 0 Å². The molecule has 0 saturated carbocycles. The predicted molar refractivity (Wildman–Crippen MR) is 59.5 cm³/mol. The Hall–Kier alpha value is -0.580. The molecule has 1 aromatic rings. The molecule has 0 saturated heterocycles. The van der Waals surface area contributed by atoms with E-state index in [-0.39, 0.29) is 4.90 Å². The molecule has 15 heavy (non-hydrogen) atoms. The summed E-state index contributed by atoms with van der Waals surface area (Å²) in [5.41, 5.74) is 0.461. The lowest BCUT2D eigenvalue weighted by molar-refractivity contribution is 0.0192. The molecule has 0 aliphatic rings. The van der Waals surface area contributed by atoms with Gasteiger partial charge in [0.15, 0.2) is 0 Å². The number of rotatable bonds is 3. The van der Waals surface area contributed by atoms with Crippen LogP contribution in [-0.2, 0) is 19.4 Å². The lowest BCUT2D eigenvalue weighted by atomic mass is 9.98. The Morgan fingerprint density at radius 3 is 2.00 bits per heavy atom. The molecule has 0 bridgehead atoms. The zero-order valence-electron chi connectivity index (χ0n) is 8.82. The van der Waals surface area contributed by atoms with Crippen LogP contribution in [0.15, 0.2) is 29.2 Å². The SMILES string of the molecule is COC(C)(C)c1ccc(S(=O)(=O)Cl)cc1. The summed E-state index contributed by atoms with van der Waals surface area (Å²) >= 11 is 0. The van der Waals surface area contributed by atoms with Gasteiger partial charge < -0.3 is 4.74 Å². The van der Waals surface area contributed by atoms with E-state index in [2.05, 4.69) is 0 Å². The number of hydrogen-bond acceptors (Lipinski definition) is 3. The Balaban J connectivity index is 3.12. The minimum Gasteiger partial charge on any atom is -0.374 e. The summed E-state index contributed by atoms with van der Waals surface area (Å²) in [5.74, 6) is 0. The maximum absolute atomic E-state index is 11.0. The molecule has 0 spiro atoms. The minimum atomic E-state index is -3.64. The average molecular weight is 249 g/mol. The van der Waals surface area contributed by atoms with Crippen molar-refractivity contribution in [1.29, 1.82) is 0 Å². The molecule has 0 atom stereocenters. The van der Waals surface area contributed by atoms with Crippen LogP contribution >= 0.6 is 10.7 Å². The first-order chi connectivity index (χ1) is 6.77. The van der Waals surface area contributed by atoms with E-state index < -0.39 is 14.7 Å². The second-order valence-electron chi connectivity index (χ2n) is 3.68. The van der Waals surface area contributed by atoms with Gasteiger partial charge in [-0.05, 0) is 31.5 Å². The number of methoxy groups -OCH3 is 1. The predicted octanol–water partition coefficient (Wildman–Crippen LogP) is 2.50. The Kier molecular flexibility index (Phi) is 3.43. The van der Waals surface area contributed by atoms with Crippen molar-refractivity contribution in [2.45, 2.75) is 24.3 Å². The Labute approximate surface area is 94.4 Å². The highest BCUT2D eigenvalue weighted by Crippen LogP contribution is 2.25. The van der Waals surface area contributed by atoms with Gasteiger partial charge in [-0.1, -0.05) is 12.1 Å². The van der Waals surface area contributed by atoms with Gasteiger partial charge >= 0.3 is 0 Å². The van der Waals surface area contributed by atoms with Gasteiger partial charge in [-0.2, -0.15) is 0 Å². The van der Waals surface area contributed by atoms with Crippen molar-refractivity contribution in [3.63, 3.8) is 0 Å². The normalized spacial score (nSPS) is 12.8. The monoisotopic (exact) mass is 248 g/mol. The molecule has 3 nitrogen and oxygen atoms in total. The summed E-state index contributed by atoms with van der Waals surface area (Å²) in [4.78, 5) is 0.0971. The Morgan fingerprint density at radius 2 is 1.67 bits per heavy atom. The third kappa shape index (κ3) is 2.93. The lowest BCUT2D eigenvalue weighted by Crippen LogP contribution is -2.19. The van der Waals surface area contributed by atoms with Crippen LogP contribution in [0.5, 0.6) is 0 Å². The van der Waals surface area contributed by atoms with Gasteiger partial charge in [0.2, 0.25) is 0 Å². The zero-order valence-corrected chi connectivity index (χ0v) is 10.4. The van der Waals surface area contributed by atoms with Gasteiger partial charge in [0, 0.05) is 17.8 Å². The third-order valence-corrected chi connectivity index (χ3v) is 3.71. The molecule has 5 heteroatoms. The Bertz CT molecular complexity index is 434. The second kappa shape index (κ2) is 4.12. The lowest BCUT2D eigenvalue weighted by Gasteiger charge is -2.23. The van der Waals surface area contributed by atoms with Gasteiger partial charge in [-0.25, -0.2) is 8.42 Å². The van der Waals surface area contributed by atoms with Gasteiger partial charge in [-0.3, -0.25) is 0 Å². The van der Waals surface area contributed by atoms with E-state index in [1.54, 1.807) is 19.2 Å². The third-order valence-electron chi connectivity index (χ3n) is 2.34. The first-order valence-corrected chi connectivity index (χ1v) is 6.68. The van der Waals surface area contributed by atoms with Crippen molar-refractivity contribution in [3.8, 4) is 0 Å². The molecular weight excluding hydrogens is 236 g/mol. The molecule has 0 aromatic heterocycles. The quantitative estimate of drug-likeness (QED) is 0.772. The standard InChI is InChI=1S/C10H13ClO3S/c1-10(2,14-3)8-4-6-9(7-5-8)15(11,12)13/h4-7H,1-3H3. The van der Waals surface area contributed by atoms with Gasteiger partial charge in [0.1, 0.15) is 0 Å². The number of halogens is 1. The minimum absolute atomic E-state index is 0.0971. The largest absolute Gasteiger partial charge is 0.374 e. The van der Waals surface area contributed by atoms with E-state index in [1.807, 2.05) is 13.8 Å². The van der Waals surface area contributed by atoms with Crippen LogP contribution in [0.1, 0.15) is 19.4 Å². The summed E-state index contributed by atoms with van der Waals surface area (Å²) in [6.45, 7) is 3.80. The summed E-state index contributed by atoms with van der Waals surface area (Å²) in [5, 5.41) is 0. The van der Waals surface area contributed by atoms with Crippen LogP contribution in [0, 0.1) is 0 Å². The topological polar surface area (TPSA) is 43.4 Å². The van der Waals surface area contributed by atoms with Crippen LogP contribution in [-0.4, -0.2) is 15.5 Å². The molecule has 1 aromatic carbocycles. The van der Waals surface area contributed by atoms with Crippen LogP contribution in [0.4, 0.5) is 0 Å². The van der Waals surface area contributed by atoms with Crippen LogP contribution in [0.2, 0.25) is 0 Å². The molecule has 0 amide bonds. The molecule has 1 rings (SSSR count). The average Bonchev–Trinajstić information content (AvgIpc) is 2.17. The highest BCUT2D eigenvalue weighted by molar-refractivity contribution is 8.13. The maximum atomic E-state index is 11.0. The smallest absolute Gasteiger partial charge is 0.261 e. The van der Waals surface area contributed by atoms with E-state index in [0.717, 1.165) is 5.56 Å². The molecule has 84 valence electrons. The molecule has 0 aliphatic carbocycles. The fourth-order valence-corrected chi connectivity index (χ4v) is 1.91. The number of hydrogen-bond donors (Lipinski definition) is 0. The first-order valence-electron chi connectivity index (χ1n) is 4.38. The summed E-state index contributed by atoms with van der Waals surface area (Å²) < 4.78 is 27.3. The highest BCUT2D eigenvalue weighted by atomic mass is 35.7. The molecule has 0 heterocycles. The van der Waals surface area contributed by atoms with E-state index in [0.29, 0.717) is 0 Å². The molecule has 0 aliphatic heterocycles.